The Bertz CT molecular complexity index is 790. The van der Waals surface area contributed by atoms with Crippen molar-refractivity contribution in [1.29, 1.82) is 0 Å². The van der Waals surface area contributed by atoms with Crippen LogP contribution in [0, 0.1) is 11.6 Å². The number of piperidine rings is 1. The number of hydrogen-bond donors (Lipinski definition) is 3. The summed E-state index contributed by atoms with van der Waals surface area (Å²) in [5, 5.41) is 9.65. The van der Waals surface area contributed by atoms with Gasteiger partial charge in [0.1, 0.15) is 11.4 Å². The second kappa shape index (κ2) is 7.20. The minimum absolute atomic E-state index is 0.0659. The molecule has 5 N–H and O–H groups in total. The van der Waals surface area contributed by atoms with Crippen molar-refractivity contribution in [2.75, 3.05) is 22.9 Å². The fraction of sp³-hybridized carbons (Fsp3) is 0.579. The van der Waals surface area contributed by atoms with Crippen LogP contribution in [-0.2, 0) is 0 Å². The van der Waals surface area contributed by atoms with E-state index in [4.69, 9.17) is 11.5 Å². The van der Waals surface area contributed by atoms with E-state index in [2.05, 4.69) is 9.98 Å². The molecule has 7 nitrogen and oxygen atoms in total. The quantitative estimate of drug-likeness (QED) is 0.715. The van der Waals surface area contributed by atoms with Crippen LogP contribution in [0.25, 0.3) is 0 Å². The fourth-order valence-corrected chi connectivity index (χ4v) is 4.57. The summed E-state index contributed by atoms with van der Waals surface area (Å²) < 4.78 is 30.0. The lowest BCUT2D eigenvalue weighted by molar-refractivity contribution is 0.145. The Morgan fingerprint density at radius 3 is 2.25 bits per heavy atom. The van der Waals surface area contributed by atoms with Gasteiger partial charge in [0.05, 0.1) is 11.8 Å². The highest BCUT2D eigenvalue weighted by Crippen LogP contribution is 2.41. The van der Waals surface area contributed by atoms with Crippen molar-refractivity contribution < 1.29 is 13.9 Å². The molecule has 1 saturated carbocycles. The molecule has 1 aromatic rings. The Labute approximate surface area is 162 Å². The summed E-state index contributed by atoms with van der Waals surface area (Å²) in [4.78, 5) is 11.8. The highest BCUT2D eigenvalue weighted by atomic mass is 19.1. The molecule has 2 aliphatic heterocycles. The molecule has 2 heterocycles. The predicted molar refractivity (Wildman–Crippen MR) is 105 cm³/mol. The van der Waals surface area contributed by atoms with E-state index < -0.39 is 23.4 Å². The lowest BCUT2D eigenvalue weighted by Gasteiger charge is -2.45. The molecular weight excluding hydrogens is 366 g/mol. The van der Waals surface area contributed by atoms with E-state index in [0.29, 0.717) is 38.8 Å². The van der Waals surface area contributed by atoms with Gasteiger partial charge in [0, 0.05) is 25.2 Å². The van der Waals surface area contributed by atoms with E-state index >= 15 is 0 Å². The van der Waals surface area contributed by atoms with Crippen molar-refractivity contribution in [2.45, 2.75) is 56.7 Å². The van der Waals surface area contributed by atoms with E-state index in [-0.39, 0.29) is 23.3 Å². The summed E-state index contributed by atoms with van der Waals surface area (Å²) in [5.74, 6) is -1.12. The van der Waals surface area contributed by atoms with Gasteiger partial charge in [-0.3, -0.25) is 4.90 Å². The molecule has 2 fully saturated rings. The van der Waals surface area contributed by atoms with Gasteiger partial charge in [-0.15, -0.1) is 0 Å². The van der Waals surface area contributed by atoms with Crippen molar-refractivity contribution in [3.8, 4) is 0 Å². The molecule has 1 aromatic carbocycles. The van der Waals surface area contributed by atoms with Gasteiger partial charge >= 0.3 is 0 Å². The third-order valence-electron chi connectivity index (χ3n) is 5.89. The second-order valence-corrected chi connectivity index (χ2v) is 7.79. The highest BCUT2D eigenvalue weighted by molar-refractivity contribution is 6.05. The zero-order valence-corrected chi connectivity index (χ0v) is 15.7. The van der Waals surface area contributed by atoms with E-state index in [9.17, 15) is 13.9 Å². The standard InChI is InChI=1S/C19H26F2N6O/c20-14-10-12(11-15(21)16(14)26-8-4-13(28)5-9-26)27-18(23)24-17(22)25-19(27)6-2-1-3-7-19/h10-11,13,28H,1-9H2,(H4,22,23,24,25). The maximum atomic E-state index is 15.0. The molecule has 1 aliphatic carbocycles. The molecule has 1 spiro atoms. The third-order valence-corrected chi connectivity index (χ3v) is 5.89. The molecule has 28 heavy (non-hydrogen) atoms. The Hall–Kier alpha value is -2.42. The average molecular weight is 392 g/mol. The lowest BCUT2D eigenvalue weighted by Crippen LogP contribution is -2.58. The monoisotopic (exact) mass is 392 g/mol. The average Bonchev–Trinajstić information content (AvgIpc) is 2.62. The zero-order chi connectivity index (χ0) is 19.9. The fourth-order valence-electron chi connectivity index (χ4n) is 4.57. The molecule has 9 heteroatoms. The molecule has 0 unspecified atom stereocenters. The second-order valence-electron chi connectivity index (χ2n) is 7.79. The van der Waals surface area contributed by atoms with Crippen LogP contribution >= 0.6 is 0 Å². The SMILES string of the molecule is NC1=NC2(CCCCC2)N(c2cc(F)c(N3CCC(O)CC3)c(F)c2)C(N)=N1. The van der Waals surface area contributed by atoms with Gasteiger partial charge < -0.3 is 21.5 Å². The van der Waals surface area contributed by atoms with Gasteiger partial charge in [-0.25, -0.2) is 13.8 Å². The first-order chi connectivity index (χ1) is 13.4. The molecule has 152 valence electrons. The molecule has 3 aliphatic rings. The maximum Gasteiger partial charge on any atom is 0.220 e. The molecule has 0 aromatic heterocycles. The number of aliphatic hydroxyl groups is 1. The van der Waals surface area contributed by atoms with E-state index in [1.54, 1.807) is 9.80 Å². The summed E-state index contributed by atoms with van der Waals surface area (Å²) >= 11 is 0. The number of hydrogen-bond acceptors (Lipinski definition) is 7. The molecule has 0 atom stereocenters. The Balaban J connectivity index is 1.71. The molecular formula is C19H26F2N6O. The molecule has 1 saturated heterocycles. The maximum absolute atomic E-state index is 15.0. The van der Waals surface area contributed by atoms with Crippen LogP contribution in [0.2, 0.25) is 0 Å². The molecule has 0 amide bonds. The summed E-state index contributed by atoms with van der Waals surface area (Å²) in [7, 11) is 0. The van der Waals surface area contributed by atoms with Gasteiger partial charge in [0.2, 0.25) is 11.9 Å². The number of halogens is 2. The highest BCUT2D eigenvalue weighted by Gasteiger charge is 2.43. The van der Waals surface area contributed by atoms with E-state index in [1.807, 2.05) is 0 Å². The van der Waals surface area contributed by atoms with Crippen LogP contribution in [0.1, 0.15) is 44.9 Å². The number of anilines is 2. The Morgan fingerprint density at radius 1 is 1.04 bits per heavy atom. The molecule has 0 radical (unpaired) electrons. The summed E-state index contributed by atoms with van der Waals surface area (Å²) in [6.07, 6.45) is 4.88. The van der Waals surface area contributed by atoms with Gasteiger partial charge in [-0.2, -0.15) is 4.99 Å². The minimum Gasteiger partial charge on any atom is -0.393 e. The van der Waals surface area contributed by atoms with Crippen molar-refractivity contribution in [1.82, 2.24) is 0 Å². The third kappa shape index (κ3) is 3.28. The van der Waals surface area contributed by atoms with Gasteiger partial charge in [0.15, 0.2) is 11.6 Å². The molecule has 0 bridgehead atoms. The first-order valence-electron chi connectivity index (χ1n) is 9.81. The normalized spacial score (nSPS) is 23.0. The van der Waals surface area contributed by atoms with E-state index in [1.165, 1.54) is 12.1 Å². The van der Waals surface area contributed by atoms with E-state index in [0.717, 1.165) is 19.3 Å². The first kappa shape index (κ1) is 18.9. The summed E-state index contributed by atoms with van der Waals surface area (Å²) in [6, 6.07) is 2.58. The number of aliphatic imine (C=N–C) groups is 2. The van der Waals surface area contributed by atoms with Crippen LogP contribution in [0.4, 0.5) is 20.2 Å². The number of guanidine groups is 2. The minimum atomic E-state index is -0.746. The number of benzene rings is 1. The predicted octanol–water partition coefficient (Wildman–Crippen LogP) is 2.04. The topological polar surface area (TPSA) is 103 Å². The zero-order valence-electron chi connectivity index (χ0n) is 15.7. The smallest absolute Gasteiger partial charge is 0.220 e. The van der Waals surface area contributed by atoms with Crippen LogP contribution < -0.4 is 21.3 Å². The first-order valence-corrected chi connectivity index (χ1v) is 9.81. The Kier molecular flexibility index (Phi) is 4.86. The summed E-state index contributed by atoms with van der Waals surface area (Å²) in [6.45, 7) is 0.818. The van der Waals surface area contributed by atoms with Crippen LogP contribution in [0.3, 0.4) is 0 Å². The Morgan fingerprint density at radius 2 is 1.64 bits per heavy atom. The number of nitrogens with zero attached hydrogens (tertiary/aromatic N) is 4. The van der Waals surface area contributed by atoms with Crippen molar-refractivity contribution in [3.05, 3.63) is 23.8 Å². The van der Waals surface area contributed by atoms with Crippen LogP contribution in [-0.4, -0.2) is 41.9 Å². The number of nitrogens with two attached hydrogens (primary N) is 2. The van der Waals surface area contributed by atoms with Crippen molar-refractivity contribution in [2.24, 2.45) is 21.5 Å². The largest absolute Gasteiger partial charge is 0.393 e. The number of rotatable bonds is 2. The number of aliphatic hydroxyl groups excluding tert-OH is 1. The van der Waals surface area contributed by atoms with Crippen LogP contribution in [0.5, 0.6) is 0 Å². The van der Waals surface area contributed by atoms with Gasteiger partial charge in [-0.1, -0.05) is 6.42 Å². The van der Waals surface area contributed by atoms with Gasteiger partial charge in [-0.05, 0) is 38.5 Å². The lowest BCUT2D eigenvalue weighted by atomic mass is 9.87. The van der Waals surface area contributed by atoms with Crippen LogP contribution in [0.15, 0.2) is 22.1 Å². The molecule has 4 rings (SSSR count). The summed E-state index contributed by atoms with van der Waals surface area (Å²) in [5.41, 5.74) is 11.5. The van der Waals surface area contributed by atoms with Crippen molar-refractivity contribution >= 4 is 23.3 Å². The van der Waals surface area contributed by atoms with Crippen molar-refractivity contribution in [3.63, 3.8) is 0 Å². The van der Waals surface area contributed by atoms with Gasteiger partial charge in [0.25, 0.3) is 0 Å².